The Morgan fingerprint density at radius 3 is 2.84 bits per heavy atom. The van der Waals surface area contributed by atoms with E-state index in [-0.39, 0.29) is 11.4 Å². The number of thiazole rings is 1. The summed E-state index contributed by atoms with van der Waals surface area (Å²) in [5, 5.41) is 0. The molecule has 1 aliphatic heterocycles. The summed E-state index contributed by atoms with van der Waals surface area (Å²) >= 11 is 4.81. The van der Waals surface area contributed by atoms with Gasteiger partial charge in [-0.3, -0.25) is 9.36 Å². The van der Waals surface area contributed by atoms with Crippen molar-refractivity contribution in [2.24, 2.45) is 4.99 Å². The van der Waals surface area contributed by atoms with Gasteiger partial charge < -0.3 is 4.90 Å². The van der Waals surface area contributed by atoms with Gasteiger partial charge in [0.05, 0.1) is 4.53 Å². The van der Waals surface area contributed by atoms with Crippen LogP contribution in [0.2, 0.25) is 0 Å². The Morgan fingerprint density at radius 1 is 1.20 bits per heavy atom. The Balaban J connectivity index is 1.73. The first-order chi connectivity index (χ1) is 12.1. The number of hydrogen-bond acceptors (Lipinski definition) is 4. The van der Waals surface area contributed by atoms with Crippen LogP contribution in [0.5, 0.6) is 0 Å². The molecule has 0 fully saturated rings. The van der Waals surface area contributed by atoms with Gasteiger partial charge in [-0.25, -0.2) is 9.38 Å². The second-order valence-corrected chi connectivity index (χ2v) is 7.57. The molecule has 0 aliphatic carbocycles. The lowest BCUT2D eigenvalue weighted by molar-refractivity contribution is 0.565. The van der Waals surface area contributed by atoms with Crippen molar-refractivity contribution >= 4 is 39.0 Å². The van der Waals surface area contributed by atoms with E-state index in [0.717, 1.165) is 10.0 Å². The molecular formula is C18H13BrFN3OS. The third-order valence-corrected chi connectivity index (χ3v) is 5.43. The average Bonchev–Trinajstić information content (AvgIpc) is 2.90. The Kier molecular flexibility index (Phi) is 4.27. The number of aromatic nitrogens is 1. The van der Waals surface area contributed by atoms with Crippen molar-refractivity contribution in [3.63, 3.8) is 0 Å². The molecule has 4 rings (SSSR count). The summed E-state index contributed by atoms with van der Waals surface area (Å²) in [6.07, 6.45) is 1.87. The summed E-state index contributed by atoms with van der Waals surface area (Å²) in [6, 6.07) is 14.1. The quantitative estimate of drug-likeness (QED) is 0.642. The molecule has 2 aromatic carbocycles. The number of anilines is 1. The van der Waals surface area contributed by atoms with Crippen molar-refractivity contribution in [2.45, 2.75) is 6.67 Å². The summed E-state index contributed by atoms with van der Waals surface area (Å²) in [5.41, 5.74) is 1.59. The van der Waals surface area contributed by atoms with Crippen LogP contribution in [0.25, 0.3) is 6.08 Å². The molecule has 0 atom stereocenters. The van der Waals surface area contributed by atoms with E-state index in [4.69, 9.17) is 0 Å². The summed E-state index contributed by atoms with van der Waals surface area (Å²) in [4.78, 5) is 19.8. The smallest absolute Gasteiger partial charge is 0.271 e. The fourth-order valence-electron chi connectivity index (χ4n) is 2.70. The number of halogens is 2. The van der Waals surface area contributed by atoms with Crippen molar-refractivity contribution in [1.29, 1.82) is 0 Å². The first-order valence-electron chi connectivity index (χ1n) is 7.62. The van der Waals surface area contributed by atoms with Crippen LogP contribution in [0.1, 0.15) is 5.56 Å². The molecule has 0 saturated heterocycles. The van der Waals surface area contributed by atoms with Gasteiger partial charge in [0.25, 0.3) is 5.56 Å². The molecule has 0 spiro atoms. The highest BCUT2D eigenvalue weighted by Gasteiger charge is 2.16. The minimum absolute atomic E-state index is 0.0789. The van der Waals surface area contributed by atoms with E-state index in [2.05, 4.69) is 20.9 Å². The first-order valence-corrected chi connectivity index (χ1v) is 9.23. The Morgan fingerprint density at radius 2 is 2.04 bits per heavy atom. The predicted octanol–water partition coefficient (Wildman–Crippen LogP) is 2.70. The first kappa shape index (κ1) is 16.2. The van der Waals surface area contributed by atoms with E-state index < -0.39 is 0 Å². The third kappa shape index (κ3) is 3.29. The lowest BCUT2D eigenvalue weighted by Crippen LogP contribution is -2.42. The third-order valence-electron chi connectivity index (χ3n) is 3.90. The molecule has 7 heteroatoms. The minimum Gasteiger partial charge on any atom is -0.333 e. The van der Waals surface area contributed by atoms with Gasteiger partial charge in [0, 0.05) is 10.2 Å². The molecule has 1 aliphatic rings. The van der Waals surface area contributed by atoms with Crippen LogP contribution in [-0.2, 0) is 6.67 Å². The normalized spacial score (nSPS) is 14.3. The number of fused-ring (bicyclic) bond motifs is 1. The Bertz CT molecular complexity index is 1120. The highest BCUT2D eigenvalue weighted by molar-refractivity contribution is 9.10. The summed E-state index contributed by atoms with van der Waals surface area (Å²) in [5.74, 6) is -0.301. The molecule has 1 aromatic heterocycles. The van der Waals surface area contributed by atoms with Gasteiger partial charge in [-0.15, -0.1) is 0 Å². The Hall–Kier alpha value is -2.25. The van der Waals surface area contributed by atoms with Crippen LogP contribution >= 0.6 is 27.3 Å². The standard InChI is InChI=1S/C18H13BrFN3OS/c19-13-4-1-3-12(7-13)8-16-17(24)23-11-22(10-21-18(23)25-16)15-6-2-5-14(20)9-15/h1-9H,10-11H2. The molecule has 0 unspecified atom stereocenters. The van der Waals surface area contributed by atoms with Crippen molar-refractivity contribution in [1.82, 2.24) is 4.57 Å². The molecule has 0 radical (unpaired) electrons. The summed E-state index contributed by atoms with van der Waals surface area (Å²) in [6.45, 7) is 0.768. The maximum Gasteiger partial charge on any atom is 0.271 e. The van der Waals surface area contributed by atoms with Crippen molar-refractivity contribution in [3.8, 4) is 0 Å². The van der Waals surface area contributed by atoms with Gasteiger partial charge in [-0.1, -0.05) is 45.5 Å². The van der Waals surface area contributed by atoms with Gasteiger partial charge in [0.1, 0.15) is 19.2 Å². The van der Waals surface area contributed by atoms with E-state index in [1.807, 2.05) is 41.3 Å². The van der Waals surface area contributed by atoms with Crippen LogP contribution in [0, 0.1) is 5.82 Å². The molecule has 0 N–H and O–H groups in total. The number of benzene rings is 2. The molecule has 3 aromatic rings. The second-order valence-electron chi connectivity index (χ2n) is 5.64. The zero-order valence-corrected chi connectivity index (χ0v) is 15.4. The molecule has 2 heterocycles. The SMILES string of the molecule is O=c1c(=Cc2cccc(Br)c2)sc2n1CN(c1cccc(F)c1)CN=2. The molecule has 25 heavy (non-hydrogen) atoms. The van der Waals surface area contributed by atoms with Gasteiger partial charge in [-0.2, -0.15) is 0 Å². The summed E-state index contributed by atoms with van der Waals surface area (Å²) < 4.78 is 16.7. The molecule has 0 amide bonds. The van der Waals surface area contributed by atoms with Gasteiger partial charge in [0.2, 0.25) is 0 Å². The Labute approximate surface area is 155 Å². The number of rotatable bonds is 2. The molecule has 0 bridgehead atoms. The zero-order chi connectivity index (χ0) is 17.4. The lowest BCUT2D eigenvalue weighted by Gasteiger charge is -2.25. The zero-order valence-electron chi connectivity index (χ0n) is 13.0. The monoisotopic (exact) mass is 417 g/mol. The van der Waals surface area contributed by atoms with E-state index in [9.17, 15) is 9.18 Å². The fraction of sp³-hybridized carbons (Fsp3) is 0.111. The van der Waals surface area contributed by atoms with Gasteiger partial charge in [-0.05, 0) is 42.0 Å². The van der Waals surface area contributed by atoms with Crippen molar-refractivity contribution < 1.29 is 4.39 Å². The van der Waals surface area contributed by atoms with Crippen LogP contribution in [0.4, 0.5) is 10.1 Å². The van der Waals surface area contributed by atoms with E-state index in [1.165, 1.54) is 23.5 Å². The van der Waals surface area contributed by atoms with Crippen LogP contribution in [0.15, 0.2) is 62.8 Å². The van der Waals surface area contributed by atoms with Gasteiger partial charge in [0.15, 0.2) is 4.80 Å². The molecular weight excluding hydrogens is 405 g/mol. The number of nitrogens with zero attached hydrogens (tertiary/aromatic N) is 3. The van der Waals surface area contributed by atoms with Crippen LogP contribution < -0.4 is 19.8 Å². The van der Waals surface area contributed by atoms with Crippen LogP contribution in [0.3, 0.4) is 0 Å². The van der Waals surface area contributed by atoms with E-state index in [0.29, 0.717) is 28.4 Å². The highest BCUT2D eigenvalue weighted by Crippen LogP contribution is 2.17. The predicted molar refractivity (Wildman–Crippen MR) is 101 cm³/mol. The van der Waals surface area contributed by atoms with Crippen molar-refractivity contribution in [2.75, 3.05) is 11.6 Å². The molecule has 4 nitrogen and oxygen atoms in total. The van der Waals surface area contributed by atoms with Crippen LogP contribution in [-0.4, -0.2) is 11.2 Å². The fourth-order valence-corrected chi connectivity index (χ4v) is 4.07. The van der Waals surface area contributed by atoms with Gasteiger partial charge >= 0.3 is 0 Å². The van der Waals surface area contributed by atoms with E-state index >= 15 is 0 Å². The average molecular weight is 418 g/mol. The number of hydrogen-bond donors (Lipinski definition) is 0. The molecule has 126 valence electrons. The maximum absolute atomic E-state index is 13.4. The topological polar surface area (TPSA) is 37.6 Å². The summed E-state index contributed by atoms with van der Waals surface area (Å²) in [7, 11) is 0. The largest absolute Gasteiger partial charge is 0.333 e. The minimum atomic E-state index is -0.301. The lowest BCUT2D eigenvalue weighted by atomic mass is 10.2. The maximum atomic E-state index is 13.4. The van der Waals surface area contributed by atoms with E-state index in [1.54, 1.807) is 10.6 Å². The highest BCUT2D eigenvalue weighted by atomic mass is 79.9. The second kappa shape index (κ2) is 6.57. The van der Waals surface area contributed by atoms with Crippen molar-refractivity contribution in [3.05, 3.63) is 84.1 Å². The molecule has 0 saturated carbocycles.